The second kappa shape index (κ2) is 7.50. The molecule has 0 aliphatic rings. The highest BCUT2D eigenvalue weighted by Crippen LogP contribution is 2.13. The van der Waals surface area contributed by atoms with E-state index in [9.17, 15) is 13.2 Å². The number of benzene rings is 1. The van der Waals surface area contributed by atoms with Crippen LogP contribution >= 0.6 is 0 Å². The first-order valence-electron chi connectivity index (χ1n) is 6.36. The molecule has 0 saturated heterocycles. The first-order valence-corrected chi connectivity index (χ1v) is 6.36. The van der Waals surface area contributed by atoms with Crippen LogP contribution in [0.5, 0.6) is 0 Å². The van der Waals surface area contributed by atoms with E-state index in [1.54, 1.807) is 19.2 Å². The summed E-state index contributed by atoms with van der Waals surface area (Å²) in [4.78, 5) is 1.42. The van der Waals surface area contributed by atoms with Crippen molar-refractivity contribution in [1.29, 1.82) is 0 Å². The third-order valence-corrected chi connectivity index (χ3v) is 2.71. The smallest absolute Gasteiger partial charge is 0.251 e. The Morgan fingerprint density at radius 3 is 2.53 bits per heavy atom. The maximum Gasteiger partial charge on any atom is 0.251 e. The normalized spacial score (nSPS) is 11.8. The van der Waals surface area contributed by atoms with Gasteiger partial charge < -0.3 is 5.32 Å². The number of nitrogens with one attached hydrogen (secondary N) is 1. The molecule has 1 rings (SSSR count). The van der Waals surface area contributed by atoms with E-state index in [2.05, 4.69) is 5.32 Å². The molecule has 5 heteroatoms. The van der Waals surface area contributed by atoms with Crippen molar-refractivity contribution in [1.82, 2.24) is 10.2 Å². The molecule has 0 aliphatic carbocycles. The second-order valence-electron chi connectivity index (χ2n) is 5.05. The number of halogens is 3. The van der Waals surface area contributed by atoms with E-state index in [1.165, 1.54) is 11.0 Å². The molecule has 1 N–H and O–H groups in total. The van der Waals surface area contributed by atoms with Crippen LogP contribution in [0.4, 0.5) is 13.2 Å². The largest absolute Gasteiger partial charge is 0.310 e. The van der Waals surface area contributed by atoms with Crippen molar-refractivity contribution in [3.63, 3.8) is 0 Å². The summed E-state index contributed by atoms with van der Waals surface area (Å²) in [7, 11) is 1.56. The van der Waals surface area contributed by atoms with Crippen LogP contribution < -0.4 is 5.32 Å². The molecule has 0 unspecified atom stereocenters. The molecule has 0 bridgehead atoms. The molecule has 108 valence electrons. The van der Waals surface area contributed by atoms with Crippen molar-refractivity contribution in [2.75, 3.05) is 13.6 Å². The Morgan fingerprint density at radius 2 is 1.95 bits per heavy atom. The van der Waals surface area contributed by atoms with Gasteiger partial charge in [-0.2, -0.15) is 0 Å². The van der Waals surface area contributed by atoms with Crippen LogP contribution in [0.1, 0.15) is 25.0 Å². The quantitative estimate of drug-likeness (QED) is 0.822. The summed E-state index contributed by atoms with van der Waals surface area (Å²) in [6, 6.07) is 5.17. The number of alkyl halides is 2. The number of hydrogen-bond donors (Lipinski definition) is 1. The van der Waals surface area contributed by atoms with Crippen molar-refractivity contribution in [3.05, 3.63) is 35.1 Å². The highest BCUT2D eigenvalue weighted by Gasteiger charge is 2.11. The van der Waals surface area contributed by atoms with Crippen LogP contribution in [0.25, 0.3) is 0 Å². The maximum absolute atomic E-state index is 13.6. The fourth-order valence-corrected chi connectivity index (χ4v) is 1.77. The molecule has 1 aromatic carbocycles. The standard InChI is InChI=1S/C14H21F3N2/c1-10(2)18-7-11-4-5-13(15)12(6-11)8-19(3)9-14(16)17/h4-6,10,14,18H,7-9H2,1-3H3. The zero-order valence-electron chi connectivity index (χ0n) is 11.6. The van der Waals surface area contributed by atoms with Gasteiger partial charge in [-0.1, -0.05) is 26.0 Å². The lowest BCUT2D eigenvalue weighted by Crippen LogP contribution is -2.25. The lowest BCUT2D eigenvalue weighted by Gasteiger charge is -2.17. The predicted octanol–water partition coefficient (Wildman–Crippen LogP) is 3.02. The van der Waals surface area contributed by atoms with Crippen molar-refractivity contribution < 1.29 is 13.2 Å². The monoisotopic (exact) mass is 274 g/mol. The van der Waals surface area contributed by atoms with E-state index in [4.69, 9.17) is 0 Å². The van der Waals surface area contributed by atoms with Gasteiger partial charge in [0.15, 0.2) is 0 Å². The van der Waals surface area contributed by atoms with Crippen LogP contribution in [-0.4, -0.2) is 31.0 Å². The maximum atomic E-state index is 13.6. The third-order valence-electron chi connectivity index (χ3n) is 2.71. The molecule has 0 heterocycles. The highest BCUT2D eigenvalue weighted by molar-refractivity contribution is 5.25. The van der Waals surface area contributed by atoms with Crippen molar-refractivity contribution in [2.45, 2.75) is 39.4 Å². The fourth-order valence-electron chi connectivity index (χ4n) is 1.77. The number of hydrogen-bond acceptors (Lipinski definition) is 2. The van der Waals surface area contributed by atoms with Gasteiger partial charge in [-0.3, -0.25) is 4.90 Å². The molecular formula is C14H21F3N2. The van der Waals surface area contributed by atoms with Crippen LogP contribution in [0.2, 0.25) is 0 Å². The fraction of sp³-hybridized carbons (Fsp3) is 0.571. The van der Waals surface area contributed by atoms with Crippen molar-refractivity contribution in [2.24, 2.45) is 0 Å². The summed E-state index contributed by atoms with van der Waals surface area (Å²) in [5.41, 5.74) is 1.40. The first kappa shape index (κ1) is 16.0. The van der Waals surface area contributed by atoms with Gasteiger partial charge in [0.25, 0.3) is 6.43 Å². The van der Waals surface area contributed by atoms with Crippen molar-refractivity contribution in [3.8, 4) is 0 Å². The summed E-state index contributed by atoms with van der Waals surface area (Å²) < 4.78 is 38.1. The predicted molar refractivity (Wildman–Crippen MR) is 70.7 cm³/mol. The molecule has 0 saturated carbocycles. The minimum atomic E-state index is -2.40. The summed E-state index contributed by atoms with van der Waals surface area (Å²) in [5, 5.41) is 3.24. The van der Waals surface area contributed by atoms with Gasteiger partial charge in [0, 0.05) is 24.7 Å². The van der Waals surface area contributed by atoms with Crippen LogP contribution in [-0.2, 0) is 13.1 Å². The zero-order valence-corrected chi connectivity index (χ0v) is 11.6. The van der Waals surface area contributed by atoms with Gasteiger partial charge in [0.2, 0.25) is 0 Å². The lowest BCUT2D eigenvalue weighted by molar-refractivity contribution is 0.0970. The Balaban J connectivity index is 2.68. The van der Waals surface area contributed by atoms with Crippen LogP contribution in [0, 0.1) is 5.82 Å². The highest BCUT2D eigenvalue weighted by atomic mass is 19.3. The van der Waals surface area contributed by atoms with E-state index in [-0.39, 0.29) is 18.9 Å². The van der Waals surface area contributed by atoms with Gasteiger partial charge in [0.05, 0.1) is 6.54 Å². The molecule has 0 amide bonds. The Labute approximate surface area is 112 Å². The zero-order chi connectivity index (χ0) is 14.4. The van der Waals surface area contributed by atoms with Crippen LogP contribution in [0.3, 0.4) is 0 Å². The van der Waals surface area contributed by atoms with E-state index >= 15 is 0 Å². The Kier molecular flexibility index (Phi) is 6.31. The molecular weight excluding hydrogens is 253 g/mol. The minimum absolute atomic E-state index is 0.186. The molecule has 0 aliphatic heterocycles. The van der Waals surface area contributed by atoms with E-state index < -0.39 is 6.43 Å². The Hall–Kier alpha value is -1.07. The van der Waals surface area contributed by atoms with E-state index in [1.807, 2.05) is 13.8 Å². The average Bonchev–Trinajstić information content (AvgIpc) is 2.29. The summed E-state index contributed by atoms with van der Waals surface area (Å²) in [5.74, 6) is -0.352. The first-order chi connectivity index (χ1) is 8.88. The number of rotatable bonds is 7. The SMILES string of the molecule is CC(C)NCc1ccc(F)c(CN(C)CC(F)F)c1. The molecule has 0 fully saturated rings. The summed E-state index contributed by atoms with van der Waals surface area (Å²) in [6.07, 6.45) is -2.40. The van der Waals surface area contributed by atoms with Gasteiger partial charge >= 0.3 is 0 Å². The Bertz CT molecular complexity index is 394. The molecule has 19 heavy (non-hydrogen) atoms. The molecule has 0 radical (unpaired) electrons. The molecule has 1 aromatic rings. The van der Waals surface area contributed by atoms with Crippen molar-refractivity contribution >= 4 is 0 Å². The second-order valence-corrected chi connectivity index (χ2v) is 5.05. The molecule has 0 spiro atoms. The van der Waals surface area contributed by atoms with Crippen LogP contribution in [0.15, 0.2) is 18.2 Å². The summed E-state index contributed by atoms with van der Waals surface area (Å²) in [6.45, 7) is 4.53. The summed E-state index contributed by atoms with van der Waals surface area (Å²) >= 11 is 0. The van der Waals surface area contributed by atoms with Gasteiger partial charge in [-0.25, -0.2) is 13.2 Å². The minimum Gasteiger partial charge on any atom is -0.310 e. The molecule has 0 atom stereocenters. The van der Waals surface area contributed by atoms with E-state index in [0.29, 0.717) is 18.2 Å². The van der Waals surface area contributed by atoms with E-state index in [0.717, 1.165) is 5.56 Å². The Morgan fingerprint density at radius 1 is 1.26 bits per heavy atom. The molecule has 2 nitrogen and oxygen atoms in total. The van der Waals surface area contributed by atoms with Gasteiger partial charge in [0.1, 0.15) is 5.82 Å². The topological polar surface area (TPSA) is 15.3 Å². The third kappa shape index (κ3) is 6.07. The average molecular weight is 274 g/mol. The van der Waals surface area contributed by atoms with Gasteiger partial charge in [-0.15, -0.1) is 0 Å². The van der Waals surface area contributed by atoms with Gasteiger partial charge in [-0.05, 0) is 18.7 Å². The number of nitrogens with zero attached hydrogens (tertiary/aromatic N) is 1. The molecule has 0 aromatic heterocycles. The lowest BCUT2D eigenvalue weighted by atomic mass is 10.1.